The normalized spacial score (nSPS) is 10.9. The number of likely N-dealkylation sites (N-methyl/N-ethyl adjacent to an activating group) is 1. The van der Waals surface area contributed by atoms with Gasteiger partial charge in [-0.2, -0.15) is 0 Å². The Morgan fingerprint density at radius 2 is 1.62 bits per heavy atom. The van der Waals surface area contributed by atoms with Crippen LogP contribution in [0, 0.1) is 0 Å². The molecule has 0 aromatic carbocycles. The predicted molar refractivity (Wildman–Crippen MR) is 50.3 cm³/mol. The van der Waals surface area contributed by atoms with Crippen LogP contribution in [0.4, 0.5) is 0 Å². The van der Waals surface area contributed by atoms with E-state index in [1.807, 2.05) is 0 Å². The van der Waals surface area contributed by atoms with E-state index in [0.29, 0.717) is 0 Å². The van der Waals surface area contributed by atoms with E-state index in [1.54, 1.807) is 0 Å². The Kier molecular flexibility index (Phi) is 11.7. The summed E-state index contributed by atoms with van der Waals surface area (Å²) in [6.07, 6.45) is 0. The molecule has 0 aliphatic carbocycles. The quantitative estimate of drug-likeness (QED) is 0.260. The van der Waals surface area contributed by atoms with Crippen LogP contribution in [0.15, 0.2) is 0 Å². The Hall–Kier alpha value is 0.556. The fourth-order valence-corrected chi connectivity index (χ4v) is 0.300. The molecule has 8 heteroatoms. The SMILES string of the molecule is C[N+](C)(C)CCO.O=S(=O)([O-])O.[H-].[H-].[Mg+2]. The van der Waals surface area contributed by atoms with Gasteiger partial charge in [0.2, 0.25) is 10.4 Å². The maximum absolute atomic E-state index is 8.63. The zero-order valence-corrected chi connectivity index (χ0v) is 10.3. The van der Waals surface area contributed by atoms with Gasteiger partial charge < -0.3 is 17.0 Å². The standard InChI is InChI=1S/C5H14NO.Mg.H2O4S.2H/c1-6(2,3)4-5-7;;1-5(2,3)4;;/h7H,4-5H2,1-3H3;;(H2,1,2,3,4);;/q+1;+2;;2*-1/p-1. The zero-order valence-electron chi connectivity index (χ0n) is 10.1. The minimum Gasteiger partial charge on any atom is -1.00 e. The van der Waals surface area contributed by atoms with Crippen LogP contribution in [-0.4, -0.2) is 84.5 Å². The zero-order chi connectivity index (χ0) is 10.4. The Morgan fingerprint density at radius 1 is 1.38 bits per heavy atom. The molecule has 0 aromatic heterocycles. The molecule has 0 saturated heterocycles. The van der Waals surface area contributed by atoms with E-state index in [0.717, 1.165) is 11.0 Å². The van der Waals surface area contributed by atoms with Gasteiger partial charge in [-0.05, 0) is 0 Å². The summed E-state index contributed by atoms with van der Waals surface area (Å²) in [6, 6.07) is 0. The molecule has 0 radical (unpaired) electrons. The number of nitrogens with zero attached hydrogens (tertiary/aromatic N) is 1. The average Bonchev–Trinajstić information content (AvgIpc) is 1.54. The molecule has 0 heterocycles. The molecule has 80 valence electrons. The summed E-state index contributed by atoms with van der Waals surface area (Å²) in [7, 11) is 1.24. The summed E-state index contributed by atoms with van der Waals surface area (Å²) in [4.78, 5) is 0. The van der Waals surface area contributed by atoms with E-state index >= 15 is 0 Å². The summed E-state index contributed by atoms with van der Waals surface area (Å²) in [5, 5.41) is 8.39. The molecule has 6 nitrogen and oxygen atoms in total. The van der Waals surface area contributed by atoms with Crippen LogP contribution in [0.25, 0.3) is 0 Å². The molecule has 0 saturated carbocycles. The number of hydrogen-bond donors (Lipinski definition) is 2. The molecule has 0 rings (SSSR count). The molecule has 0 amide bonds. The number of aliphatic hydroxyl groups is 1. The third-order valence-corrected chi connectivity index (χ3v) is 0.771. The first-order chi connectivity index (χ1) is 5.06. The van der Waals surface area contributed by atoms with Gasteiger partial charge in [0.15, 0.2) is 0 Å². The summed E-state index contributed by atoms with van der Waals surface area (Å²) in [5.41, 5.74) is 0. The van der Waals surface area contributed by atoms with Crippen molar-refractivity contribution < 1.29 is 30.0 Å². The smallest absolute Gasteiger partial charge is 1.00 e. The summed E-state index contributed by atoms with van der Waals surface area (Å²) < 4.78 is 33.7. The molecule has 0 aromatic rings. The van der Waals surface area contributed by atoms with Crippen molar-refractivity contribution in [3.05, 3.63) is 0 Å². The van der Waals surface area contributed by atoms with Gasteiger partial charge in [-0.15, -0.1) is 0 Å². The molecule has 0 bridgehead atoms. The monoisotopic (exact) mass is 227 g/mol. The average molecular weight is 228 g/mol. The minimum absolute atomic E-state index is 0. The van der Waals surface area contributed by atoms with Crippen LogP contribution in [0.3, 0.4) is 0 Å². The van der Waals surface area contributed by atoms with E-state index in [-0.39, 0.29) is 32.5 Å². The number of aliphatic hydroxyl groups excluding tert-OH is 1. The molecular weight excluding hydrogens is 210 g/mol. The first-order valence-corrected chi connectivity index (χ1v) is 4.52. The summed E-state index contributed by atoms with van der Waals surface area (Å²) in [5.74, 6) is 0. The first-order valence-electron chi connectivity index (χ1n) is 3.16. The van der Waals surface area contributed by atoms with Crippen molar-refractivity contribution in [1.82, 2.24) is 0 Å². The molecule has 0 spiro atoms. The van der Waals surface area contributed by atoms with Crippen molar-refractivity contribution in [1.29, 1.82) is 0 Å². The van der Waals surface area contributed by atoms with E-state index in [4.69, 9.17) is 22.6 Å². The Balaban J connectivity index is -0.0000000383. The molecule has 0 aliphatic rings. The van der Waals surface area contributed by atoms with Crippen LogP contribution in [0.2, 0.25) is 0 Å². The van der Waals surface area contributed by atoms with Crippen molar-refractivity contribution in [3.8, 4) is 0 Å². The second-order valence-corrected chi connectivity index (χ2v) is 4.02. The molecule has 0 atom stereocenters. The van der Waals surface area contributed by atoms with Gasteiger partial charge in [-0.25, -0.2) is 8.42 Å². The summed E-state index contributed by atoms with van der Waals surface area (Å²) in [6.45, 7) is 1.11. The maximum atomic E-state index is 8.63. The van der Waals surface area contributed by atoms with E-state index < -0.39 is 10.4 Å². The van der Waals surface area contributed by atoms with Crippen LogP contribution in [0.1, 0.15) is 2.85 Å². The van der Waals surface area contributed by atoms with Crippen LogP contribution in [-0.2, 0) is 10.4 Å². The molecular formula is C5H17MgNO5S. The number of rotatable bonds is 2. The third-order valence-electron chi connectivity index (χ3n) is 0.771. The van der Waals surface area contributed by atoms with Crippen LogP contribution < -0.4 is 0 Å². The Bertz CT molecular complexity index is 198. The maximum Gasteiger partial charge on any atom is 2.00 e. The van der Waals surface area contributed by atoms with Gasteiger partial charge in [0.25, 0.3) is 0 Å². The van der Waals surface area contributed by atoms with Gasteiger partial charge in [-0.3, -0.25) is 4.55 Å². The minimum atomic E-state index is -4.92. The van der Waals surface area contributed by atoms with Gasteiger partial charge in [0.05, 0.1) is 27.7 Å². The Morgan fingerprint density at radius 3 is 1.62 bits per heavy atom. The molecule has 13 heavy (non-hydrogen) atoms. The topological polar surface area (TPSA) is 97.7 Å². The van der Waals surface area contributed by atoms with E-state index in [2.05, 4.69) is 21.1 Å². The molecule has 0 aliphatic heterocycles. The number of quaternary nitrogens is 1. The molecule has 0 unspecified atom stereocenters. The predicted octanol–water partition coefficient (Wildman–Crippen LogP) is -1.47. The fraction of sp³-hybridized carbons (Fsp3) is 1.00. The fourth-order valence-electron chi connectivity index (χ4n) is 0.300. The molecule has 0 fully saturated rings. The van der Waals surface area contributed by atoms with Gasteiger partial charge in [0, 0.05) is 0 Å². The van der Waals surface area contributed by atoms with Gasteiger partial charge in [-0.1, -0.05) is 0 Å². The largest absolute Gasteiger partial charge is 2.00 e. The molecule has 2 N–H and O–H groups in total. The number of hydrogen-bond acceptors (Lipinski definition) is 4. The van der Waals surface area contributed by atoms with Gasteiger partial charge in [0.1, 0.15) is 6.54 Å². The van der Waals surface area contributed by atoms with Crippen LogP contribution in [0.5, 0.6) is 0 Å². The van der Waals surface area contributed by atoms with Crippen LogP contribution >= 0.6 is 0 Å². The first kappa shape index (κ1) is 19.2. The van der Waals surface area contributed by atoms with Gasteiger partial charge >= 0.3 is 23.1 Å². The van der Waals surface area contributed by atoms with Crippen molar-refractivity contribution >= 4 is 33.5 Å². The van der Waals surface area contributed by atoms with E-state index in [1.165, 1.54) is 0 Å². The second kappa shape index (κ2) is 7.91. The van der Waals surface area contributed by atoms with Crippen molar-refractivity contribution in [2.45, 2.75) is 0 Å². The van der Waals surface area contributed by atoms with Crippen molar-refractivity contribution in [2.75, 3.05) is 34.3 Å². The Labute approximate surface area is 97.8 Å². The summed E-state index contributed by atoms with van der Waals surface area (Å²) >= 11 is 0. The van der Waals surface area contributed by atoms with Crippen molar-refractivity contribution in [3.63, 3.8) is 0 Å². The third kappa shape index (κ3) is 67.4. The second-order valence-electron chi connectivity index (χ2n) is 3.17. The van der Waals surface area contributed by atoms with Crippen molar-refractivity contribution in [2.24, 2.45) is 0 Å². The van der Waals surface area contributed by atoms with E-state index in [9.17, 15) is 0 Å².